The molecule has 0 aliphatic carbocycles. The molecule has 120 valence electrons. The Kier molecular flexibility index (Phi) is 6.50. The molecule has 0 aliphatic rings. The highest BCUT2D eigenvalue weighted by atomic mass is 35.5. The van der Waals surface area contributed by atoms with Gasteiger partial charge in [0.25, 0.3) is 0 Å². The van der Waals surface area contributed by atoms with Gasteiger partial charge in [-0.05, 0) is 32.4 Å². The van der Waals surface area contributed by atoms with Crippen molar-refractivity contribution in [1.82, 2.24) is 5.32 Å². The highest BCUT2D eigenvalue weighted by Crippen LogP contribution is 2.25. The van der Waals surface area contributed by atoms with Crippen molar-refractivity contribution in [2.45, 2.75) is 38.4 Å². The normalized spacial score (nSPS) is 14.2. The third kappa shape index (κ3) is 7.69. The first-order valence-corrected chi connectivity index (χ1v) is 7.10. The van der Waals surface area contributed by atoms with Crippen molar-refractivity contribution in [3.63, 3.8) is 0 Å². The minimum absolute atomic E-state index is 0.0354. The largest absolute Gasteiger partial charge is 0.411 e. The summed E-state index contributed by atoms with van der Waals surface area (Å²) in [4.78, 5) is 0. The average Bonchev–Trinajstić information content (AvgIpc) is 2.32. The van der Waals surface area contributed by atoms with Crippen LogP contribution in [0.1, 0.15) is 32.3 Å². The molecule has 1 unspecified atom stereocenters. The second-order valence-electron chi connectivity index (χ2n) is 5.98. The number of halogens is 4. The average molecular weight is 324 g/mol. The van der Waals surface area contributed by atoms with Crippen LogP contribution in [0.25, 0.3) is 0 Å². The third-order valence-corrected chi connectivity index (χ3v) is 3.15. The maximum atomic E-state index is 12.2. The third-order valence-electron chi connectivity index (χ3n) is 2.81. The minimum atomic E-state index is -4.32. The second-order valence-corrected chi connectivity index (χ2v) is 6.39. The van der Waals surface area contributed by atoms with Crippen molar-refractivity contribution < 1.29 is 17.9 Å². The summed E-state index contributed by atoms with van der Waals surface area (Å²) in [6.07, 6.45) is -4.32. The molecule has 21 heavy (non-hydrogen) atoms. The van der Waals surface area contributed by atoms with E-state index in [1.165, 1.54) is 0 Å². The van der Waals surface area contributed by atoms with Gasteiger partial charge in [0, 0.05) is 23.0 Å². The Labute approximate surface area is 128 Å². The van der Waals surface area contributed by atoms with Crippen LogP contribution < -0.4 is 5.32 Å². The van der Waals surface area contributed by atoms with Crippen molar-refractivity contribution in [3.05, 3.63) is 34.9 Å². The van der Waals surface area contributed by atoms with Gasteiger partial charge in [-0.1, -0.05) is 29.8 Å². The first-order chi connectivity index (χ1) is 9.58. The van der Waals surface area contributed by atoms with E-state index in [1.54, 1.807) is 12.1 Å². The Bertz CT molecular complexity index is 443. The Morgan fingerprint density at radius 1 is 1.19 bits per heavy atom. The van der Waals surface area contributed by atoms with Gasteiger partial charge in [0.1, 0.15) is 6.61 Å². The van der Waals surface area contributed by atoms with Crippen LogP contribution in [0.5, 0.6) is 0 Å². The van der Waals surface area contributed by atoms with Crippen molar-refractivity contribution in [1.29, 1.82) is 0 Å². The van der Waals surface area contributed by atoms with Crippen molar-refractivity contribution in [2.24, 2.45) is 0 Å². The molecule has 0 saturated heterocycles. The smallest absolute Gasteiger partial charge is 0.371 e. The molecule has 0 bridgehead atoms. The first kappa shape index (κ1) is 18.3. The molecule has 0 fully saturated rings. The molecule has 0 saturated carbocycles. The summed E-state index contributed by atoms with van der Waals surface area (Å²) < 4.78 is 41.4. The number of hydrogen-bond donors (Lipinski definition) is 1. The lowest BCUT2D eigenvalue weighted by Crippen LogP contribution is -2.39. The minimum Gasteiger partial charge on any atom is -0.371 e. The van der Waals surface area contributed by atoms with Gasteiger partial charge in [-0.25, -0.2) is 0 Å². The summed E-state index contributed by atoms with van der Waals surface area (Å²) in [5.41, 5.74) is 0.655. The Morgan fingerprint density at radius 3 is 2.33 bits per heavy atom. The fourth-order valence-corrected chi connectivity index (χ4v) is 2.10. The van der Waals surface area contributed by atoms with Crippen LogP contribution in [0.4, 0.5) is 13.2 Å². The molecular formula is C15H21ClF3NO. The predicted molar refractivity (Wildman–Crippen MR) is 78.8 cm³/mol. The maximum absolute atomic E-state index is 12.2. The molecule has 0 spiro atoms. The van der Waals surface area contributed by atoms with Crippen LogP contribution in [-0.4, -0.2) is 31.5 Å². The van der Waals surface area contributed by atoms with Gasteiger partial charge in [0.05, 0.1) is 6.61 Å². The lowest BCUT2D eigenvalue weighted by molar-refractivity contribution is -0.174. The quantitative estimate of drug-likeness (QED) is 0.838. The molecule has 0 radical (unpaired) electrons. The summed E-state index contributed by atoms with van der Waals surface area (Å²) in [5.74, 6) is -0.236. The van der Waals surface area contributed by atoms with E-state index in [0.29, 0.717) is 11.6 Å². The van der Waals surface area contributed by atoms with Gasteiger partial charge in [0.2, 0.25) is 0 Å². The van der Waals surface area contributed by atoms with E-state index in [4.69, 9.17) is 16.3 Å². The van der Waals surface area contributed by atoms with E-state index in [9.17, 15) is 13.2 Å². The van der Waals surface area contributed by atoms with Gasteiger partial charge < -0.3 is 10.1 Å². The van der Waals surface area contributed by atoms with E-state index in [2.05, 4.69) is 5.32 Å². The standard InChI is InChI=1S/C15H21ClF3NO/c1-14(2,3)20-8-11(9-21-10-15(17,18)19)12-6-4-5-7-13(12)16/h4-7,11,20H,8-10H2,1-3H3. The van der Waals surface area contributed by atoms with Gasteiger partial charge in [-0.15, -0.1) is 0 Å². The molecule has 1 aromatic carbocycles. The first-order valence-electron chi connectivity index (χ1n) is 6.72. The Morgan fingerprint density at radius 2 is 1.81 bits per heavy atom. The molecule has 6 heteroatoms. The fraction of sp³-hybridized carbons (Fsp3) is 0.600. The summed E-state index contributed by atoms with van der Waals surface area (Å²) in [5, 5.41) is 3.81. The number of alkyl halides is 3. The van der Waals surface area contributed by atoms with Crippen LogP contribution in [0.15, 0.2) is 24.3 Å². The number of nitrogens with one attached hydrogen (secondary N) is 1. The SMILES string of the molecule is CC(C)(C)NCC(COCC(F)(F)F)c1ccccc1Cl. The Hall–Kier alpha value is -0.780. The van der Waals surface area contributed by atoms with Crippen LogP contribution in [0, 0.1) is 0 Å². The van der Waals surface area contributed by atoms with Gasteiger partial charge in [0.15, 0.2) is 0 Å². The zero-order valence-corrected chi connectivity index (χ0v) is 13.2. The lowest BCUT2D eigenvalue weighted by atomic mass is 9.98. The topological polar surface area (TPSA) is 21.3 Å². The summed E-state index contributed by atoms with van der Waals surface area (Å²) >= 11 is 6.13. The van der Waals surface area contributed by atoms with Crippen molar-refractivity contribution in [2.75, 3.05) is 19.8 Å². The highest BCUT2D eigenvalue weighted by molar-refractivity contribution is 6.31. The molecule has 0 aromatic heterocycles. The van der Waals surface area contributed by atoms with E-state index >= 15 is 0 Å². The second kappa shape index (κ2) is 7.47. The zero-order valence-electron chi connectivity index (χ0n) is 12.4. The molecular weight excluding hydrogens is 303 g/mol. The maximum Gasteiger partial charge on any atom is 0.411 e. The number of rotatable bonds is 6. The molecule has 0 amide bonds. The number of ether oxygens (including phenoxy) is 1. The molecule has 1 aromatic rings. The molecule has 1 rings (SSSR count). The fourth-order valence-electron chi connectivity index (χ4n) is 1.81. The zero-order chi connectivity index (χ0) is 16.1. The molecule has 2 nitrogen and oxygen atoms in total. The summed E-state index contributed by atoms with van der Waals surface area (Å²) in [6, 6.07) is 7.14. The van der Waals surface area contributed by atoms with Gasteiger partial charge in [-0.3, -0.25) is 0 Å². The van der Waals surface area contributed by atoms with Crippen LogP contribution in [0.3, 0.4) is 0 Å². The molecule has 0 aliphatic heterocycles. The van der Waals surface area contributed by atoms with Crippen LogP contribution >= 0.6 is 11.6 Å². The summed E-state index contributed by atoms with van der Waals surface area (Å²) in [7, 11) is 0. The van der Waals surface area contributed by atoms with Crippen molar-refractivity contribution in [3.8, 4) is 0 Å². The van der Waals surface area contributed by atoms with E-state index in [-0.39, 0.29) is 18.1 Å². The molecule has 1 N–H and O–H groups in total. The highest BCUT2D eigenvalue weighted by Gasteiger charge is 2.28. The van der Waals surface area contributed by atoms with E-state index in [0.717, 1.165) is 5.56 Å². The van der Waals surface area contributed by atoms with Gasteiger partial charge in [-0.2, -0.15) is 13.2 Å². The molecule has 0 heterocycles. The van der Waals surface area contributed by atoms with Gasteiger partial charge >= 0.3 is 6.18 Å². The number of benzene rings is 1. The molecule has 1 atom stereocenters. The number of hydrogen-bond acceptors (Lipinski definition) is 2. The monoisotopic (exact) mass is 323 g/mol. The van der Waals surface area contributed by atoms with E-state index < -0.39 is 12.8 Å². The van der Waals surface area contributed by atoms with Crippen LogP contribution in [-0.2, 0) is 4.74 Å². The van der Waals surface area contributed by atoms with E-state index in [1.807, 2.05) is 32.9 Å². The lowest BCUT2D eigenvalue weighted by Gasteiger charge is -2.26. The Balaban J connectivity index is 2.73. The van der Waals surface area contributed by atoms with Crippen molar-refractivity contribution >= 4 is 11.6 Å². The predicted octanol–water partition coefficient (Wildman–Crippen LogP) is 4.39. The summed E-state index contributed by atoms with van der Waals surface area (Å²) in [6.45, 7) is 5.19. The van der Waals surface area contributed by atoms with Crippen LogP contribution in [0.2, 0.25) is 5.02 Å².